The normalized spacial score (nSPS) is 21.1. The van der Waals surface area contributed by atoms with Gasteiger partial charge in [0.2, 0.25) is 0 Å². The fourth-order valence-electron chi connectivity index (χ4n) is 3.59. The van der Waals surface area contributed by atoms with Crippen LogP contribution in [-0.4, -0.2) is 70.6 Å². The molecule has 0 aliphatic carbocycles. The van der Waals surface area contributed by atoms with Gasteiger partial charge in [-0.15, -0.1) is 0 Å². The summed E-state index contributed by atoms with van der Waals surface area (Å²) >= 11 is 0. The van der Waals surface area contributed by atoms with Crippen molar-refractivity contribution in [2.75, 3.05) is 0 Å². The second-order valence-corrected chi connectivity index (χ2v) is 9.49. The molecule has 0 spiro atoms. The first-order valence-corrected chi connectivity index (χ1v) is 12.9. The summed E-state index contributed by atoms with van der Waals surface area (Å²) in [5, 5.41) is 0.846. The van der Waals surface area contributed by atoms with Crippen LogP contribution < -0.4 is 22.9 Å². The average Bonchev–Trinajstić information content (AvgIpc) is 3.40. The first-order valence-electron chi connectivity index (χ1n) is 12.9. The van der Waals surface area contributed by atoms with Crippen LogP contribution in [0.2, 0.25) is 0 Å². The fourth-order valence-corrected chi connectivity index (χ4v) is 3.59. The molecule has 2 heterocycles. The summed E-state index contributed by atoms with van der Waals surface area (Å²) in [7, 11) is 0. The van der Waals surface area contributed by atoms with E-state index >= 15 is 0 Å². The quantitative estimate of drug-likeness (QED) is 0.0906. The van der Waals surface area contributed by atoms with Crippen LogP contribution in [0.5, 0.6) is 0 Å². The molecule has 0 saturated carbocycles. The molecular weight excluding hydrogens is 594 g/mol. The second-order valence-electron chi connectivity index (χ2n) is 9.49. The number of carbonyl (C=O) groups is 7. The van der Waals surface area contributed by atoms with Gasteiger partial charge in [-0.25, -0.2) is 58.1 Å². The second kappa shape index (κ2) is 14.9. The maximum absolute atomic E-state index is 12.5. The Hall–Kier alpha value is -5.11. The molecule has 1 aliphatic rings. The number of fused-ring (bicyclic) bond motifs is 1. The summed E-state index contributed by atoms with van der Waals surface area (Å²) in [6.07, 6.45) is -1.44. The highest BCUT2D eigenvalue weighted by atomic mass is 17.2. The number of benzene rings is 1. The molecule has 1 fully saturated rings. The number of aromatic nitrogens is 1. The minimum absolute atomic E-state index is 0.0718. The smallest absolute Gasteiger partial charge is 0.414 e. The topological polar surface area (TPSA) is 304 Å². The third-order valence-corrected chi connectivity index (χ3v) is 6.02. The van der Waals surface area contributed by atoms with Gasteiger partial charge in [0.25, 0.3) is 5.72 Å². The van der Waals surface area contributed by atoms with Crippen LogP contribution in [0.15, 0.2) is 30.5 Å². The third-order valence-electron chi connectivity index (χ3n) is 6.02. The van der Waals surface area contributed by atoms with Crippen LogP contribution in [0.25, 0.3) is 10.9 Å². The Morgan fingerprint density at radius 2 is 1.66 bits per heavy atom. The third kappa shape index (κ3) is 9.19. The first-order chi connectivity index (χ1) is 20.8. The maximum atomic E-state index is 12.5. The summed E-state index contributed by atoms with van der Waals surface area (Å²) in [5.41, 5.74) is 21.3. The van der Waals surface area contributed by atoms with Gasteiger partial charge in [0.15, 0.2) is 0 Å². The molecule has 1 saturated heterocycles. The molecule has 3 rings (SSSR count). The zero-order valence-electron chi connectivity index (χ0n) is 22.9. The van der Waals surface area contributed by atoms with Crippen molar-refractivity contribution in [3.05, 3.63) is 36.0 Å². The van der Waals surface area contributed by atoms with Crippen molar-refractivity contribution in [2.24, 2.45) is 22.9 Å². The molecule has 1 aromatic carbocycles. The lowest BCUT2D eigenvalue weighted by atomic mass is 10.1. The van der Waals surface area contributed by atoms with E-state index in [1.165, 1.54) is 0 Å². The van der Waals surface area contributed by atoms with Crippen LogP contribution >= 0.6 is 0 Å². The van der Waals surface area contributed by atoms with Gasteiger partial charge in [0.05, 0.1) is 12.8 Å². The van der Waals surface area contributed by atoms with E-state index in [0.717, 1.165) is 16.5 Å². The highest BCUT2D eigenvalue weighted by Crippen LogP contribution is 2.19. The van der Waals surface area contributed by atoms with Crippen molar-refractivity contribution in [3.8, 4) is 0 Å². The van der Waals surface area contributed by atoms with Gasteiger partial charge < -0.3 is 26.9 Å². The molecule has 1 aromatic heterocycles. The minimum atomic E-state index is -3.01. The number of ether oxygens (including phenoxy) is 1. The van der Waals surface area contributed by atoms with Crippen LogP contribution in [0, 0.1) is 0 Å². The van der Waals surface area contributed by atoms with Crippen molar-refractivity contribution in [1.29, 1.82) is 0 Å². The Labute approximate surface area is 247 Å². The molecule has 2 aromatic rings. The van der Waals surface area contributed by atoms with E-state index < -0.39 is 91.3 Å². The molecule has 0 bridgehead atoms. The molecule has 1 aliphatic heterocycles. The van der Waals surface area contributed by atoms with E-state index in [2.05, 4.69) is 34.3 Å². The van der Waals surface area contributed by atoms with Crippen LogP contribution in [0.4, 0.5) is 0 Å². The zero-order chi connectivity index (χ0) is 32.4. The van der Waals surface area contributed by atoms with E-state index in [9.17, 15) is 33.6 Å². The molecule has 2 unspecified atom stereocenters. The largest absolute Gasteiger partial charge is 0.430 e. The number of H-pyrrole nitrogens is 1. The van der Waals surface area contributed by atoms with Crippen molar-refractivity contribution < 1.29 is 67.6 Å². The lowest BCUT2D eigenvalue weighted by Gasteiger charge is -2.26. The zero-order valence-corrected chi connectivity index (χ0v) is 22.9. The lowest BCUT2D eigenvalue weighted by Crippen LogP contribution is -2.56. The van der Waals surface area contributed by atoms with E-state index in [4.69, 9.17) is 27.7 Å². The number of nitrogens with two attached hydrogens (primary N) is 4. The van der Waals surface area contributed by atoms with Crippen LogP contribution in [0.3, 0.4) is 0 Å². The number of para-hydroxylation sites is 1. The molecular formula is C25H29N5O14. The highest BCUT2D eigenvalue weighted by Gasteiger charge is 2.46. The maximum Gasteiger partial charge on any atom is 0.414 e. The molecule has 0 amide bonds. The van der Waals surface area contributed by atoms with Crippen LogP contribution in [-0.2, 0) is 74.0 Å². The average molecular weight is 624 g/mol. The summed E-state index contributed by atoms with van der Waals surface area (Å²) in [4.78, 5) is 114. The van der Waals surface area contributed by atoms with Crippen molar-refractivity contribution >= 4 is 52.7 Å². The summed E-state index contributed by atoms with van der Waals surface area (Å²) < 4.78 is 4.81. The van der Waals surface area contributed by atoms with Crippen molar-refractivity contribution in [3.63, 3.8) is 0 Å². The highest BCUT2D eigenvalue weighted by molar-refractivity contribution is 5.89. The summed E-state index contributed by atoms with van der Waals surface area (Å²) in [6, 6.07) is 3.02. The van der Waals surface area contributed by atoms with E-state index in [1.54, 1.807) is 6.20 Å². The van der Waals surface area contributed by atoms with Gasteiger partial charge in [0, 0.05) is 23.5 Å². The fraction of sp³-hybridized carbons (Fsp3) is 0.400. The lowest BCUT2D eigenvalue weighted by molar-refractivity contribution is -0.276. The Morgan fingerprint density at radius 3 is 2.41 bits per heavy atom. The van der Waals surface area contributed by atoms with Gasteiger partial charge >= 0.3 is 41.8 Å². The Kier molecular flexibility index (Phi) is 11.3. The van der Waals surface area contributed by atoms with Crippen molar-refractivity contribution in [2.45, 2.75) is 62.4 Å². The molecule has 238 valence electrons. The van der Waals surface area contributed by atoms with Gasteiger partial charge in [-0.1, -0.05) is 18.2 Å². The number of hydrogen-bond donors (Lipinski definition) is 5. The van der Waals surface area contributed by atoms with E-state index in [-0.39, 0.29) is 12.8 Å². The van der Waals surface area contributed by atoms with E-state index in [0.29, 0.717) is 0 Å². The number of aromatic amines is 1. The number of nitrogens with one attached hydrogen (secondary N) is 1. The number of rotatable bonds is 8. The van der Waals surface area contributed by atoms with Gasteiger partial charge in [-0.2, -0.15) is 0 Å². The standard InChI is InChI=1S/C25H29N5O14/c26-14(5-7-19(32)40-42-23(36)16(28)9-12-11-30-17-4-2-1-3-13(12)17)21(34)38-25(29)10-20(33)41-39-18(31)8-6-15(27)22(35)43-44-24(25)37/h1-4,11,14-16,30H,5-10,26-29H2/t14-,15-,16?,25?/m1/s1. The minimum Gasteiger partial charge on any atom is -0.430 e. The summed E-state index contributed by atoms with van der Waals surface area (Å²) in [5.74, 6) is -9.26. The molecule has 19 heteroatoms. The first kappa shape index (κ1) is 33.4. The van der Waals surface area contributed by atoms with Crippen LogP contribution in [0.1, 0.15) is 37.7 Å². The Balaban J connectivity index is 1.50. The molecule has 44 heavy (non-hydrogen) atoms. The monoisotopic (exact) mass is 623 g/mol. The van der Waals surface area contributed by atoms with Gasteiger partial charge in [-0.3, -0.25) is 10.5 Å². The Morgan fingerprint density at radius 1 is 0.955 bits per heavy atom. The molecule has 4 atom stereocenters. The molecule has 9 N–H and O–H groups in total. The molecule has 19 nitrogen and oxygen atoms in total. The predicted octanol–water partition coefficient (Wildman–Crippen LogP) is -2.14. The molecule has 0 radical (unpaired) electrons. The van der Waals surface area contributed by atoms with Gasteiger partial charge in [-0.05, 0) is 24.5 Å². The number of esters is 1. The SMILES string of the molecule is NC(Cc1c[nH]c2ccccc12)C(=O)OOC(=O)CC[C@@H](N)C(=O)OC1(N)CC(=O)OOC(=O)CC[C@@H](N)C(=O)OOC1=O. The Bertz CT molecular complexity index is 1430. The van der Waals surface area contributed by atoms with Gasteiger partial charge in [0.1, 0.15) is 24.5 Å². The number of hydrogen-bond acceptors (Lipinski definition) is 18. The summed E-state index contributed by atoms with van der Waals surface area (Å²) in [6.45, 7) is 0. The van der Waals surface area contributed by atoms with E-state index in [1.807, 2.05) is 24.3 Å². The van der Waals surface area contributed by atoms with Crippen molar-refractivity contribution in [1.82, 2.24) is 4.98 Å². The number of carbonyl (C=O) groups excluding carboxylic acids is 7. The predicted molar refractivity (Wildman–Crippen MR) is 139 cm³/mol.